The Kier molecular flexibility index (Phi) is 4.90. The third-order valence-electron chi connectivity index (χ3n) is 4.21. The molecule has 2 heterocycles. The summed E-state index contributed by atoms with van der Waals surface area (Å²) < 4.78 is 1.78. The number of amides is 1. The lowest BCUT2D eigenvalue weighted by atomic mass is 10.1. The zero-order chi connectivity index (χ0) is 17.1. The molecule has 6 heteroatoms. The summed E-state index contributed by atoms with van der Waals surface area (Å²) in [5.41, 5.74) is 3.01. The Hall–Kier alpha value is -2.27. The minimum absolute atomic E-state index is 0.0856. The van der Waals surface area contributed by atoms with E-state index in [0.29, 0.717) is 24.4 Å². The molecule has 0 fully saturated rings. The van der Waals surface area contributed by atoms with E-state index >= 15 is 0 Å². The standard InChI is InChI=1S/C18H21ClN4O/c1-3-23-11-15(19)17(21-23)12-22(2)18(24)9-8-13-10-20-16-7-5-4-6-14(13)16/h4-7,10-11,20H,3,8-9,12H2,1-2H3. The first kappa shape index (κ1) is 16.6. The number of aryl methyl sites for hydroxylation is 2. The second-order valence-corrected chi connectivity index (χ2v) is 6.30. The van der Waals surface area contributed by atoms with E-state index in [2.05, 4.69) is 16.1 Å². The second-order valence-electron chi connectivity index (χ2n) is 5.89. The number of fused-ring (bicyclic) bond motifs is 1. The lowest BCUT2D eigenvalue weighted by Gasteiger charge is -2.16. The molecule has 2 aromatic heterocycles. The van der Waals surface area contributed by atoms with Crippen molar-refractivity contribution in [2.24, 2.45) is 0 Å². The number of rotatable bonds is 6. The summed E-state index contributed by atoms with van der Waals surface area (Å²) in [6.45, 7) is 3.19. The fourth-order valence-electron chi connectivity index (χ4n) is 2.79. The zero-order valence-electron chi connectivity index (χ0n) is 13.9. The van der Waals surface area contributed by atoms with Crippen LogP contribution in [0.2, 0.25) is 5.02 Å². The number of para-hydroxylation sites is 1. The number of nitrogens with one attached hydrogen (secondary N) is 1. The van der Waals surface area contributed by atoms with Crippen LogP contribution in [-0.2, 0) is 24.3 Å². The molecule has 3 rings (SSSR count). The highest BCUT2D eigenvalue weighted by Gasteiger charge is 2.14. The molecule has 0 saturated carbocycles. The molecule has 0 bridgehead atoms. The van der Waals surface area contributed by atoms with Crippen molar-refractivity contribution >= 4 is 28.4 Å². The van der Waals surface area contributed by atoms with Gasteiger partial charge in [0.05, 0.1) is 11.6 Å². The van der Waals surface area contributed by atoms with Crippen molar-refractivity contribution in [3.63, 3.8) is 0 Å². The van der Waals surface area contributed by atoms with Crippen LogP contribution >= 0.6 is 11.6 Å². The van der Waals surface area contributed by atoms with E-state index in [1.807, 2.05) is 31.3 Å². The third-order valence-corrected chi connectivity index (χ3v) is 4.52. The van der Waals surface area contributed by atoms with Crippen molar-refractivity contribution in [1.82, 2.24) is 19.7 Å². The predicted molar refractivity (Wildman–Crippen MR) is 96.0 cm³/mol. The van der Waals surface area contributed by atoms with Gasteiger partial charge in [-0.15, -0.1) is 0 Å². The number of halogens is 1. The van der Waals surface area contributed by atoms with Gasteiger partial charge in [0.1, 0.15) is 5.69 Å². The Morgan fingerprint density at radius 2 is 2.17 bits per heavy atom. The Bertz CT molecular complexity index is 852. The summed E-state index contributed by atoms with van der Waals surface area (Å²) in [5.74, 6) is 0.0856. The first-order valence-electron chi connectivity index (χ1n) is 8.09. The quantitative estimate of drug-likeness (QED) is 0.742. The van der Waals surface area contributed by atoms with Crippen LogP contribution in [0.1, 0.15) is 24.6 Å². The lowest BCUT2D eigenvalue weighted by molar-refractivity contribution is -0.130. The van der Waals surface area contributed by atoms with Crippen LogP contribution in [0, 0.1) is 0 Å². The van der Waals surface area contributed by atoms with Gasteiger partial charge in [0.2, 0.25) is 5.91 Å². The normalized spacial score (nSPS) is 11.1. The number of aromatic amines is 1. The number of hydrogen-bond acceptors (Lipinski definition) is 2. The van der Waals surface area contributed by atoms with Crippen molar-refractivity contribution in [3.05, 3.63) is 52.9 Å². The van der Waals surface area contributed by atoms with Crippen LogP contribution < -0.4 is 0 Å². The molecule has 0 saturated heterocycles. The van der Waals surface area contributed by atoms with E-state index in [1.165, 1.54) is 10.9 Å². The fourth-order valence-corrected chi connectivity index (χ4v) is 3.00. The van der Waals surface area contributed by atoms with Crippen molar-refractivity contribution in [3.8, 4) is 0 Å². The summed E-state index contributed by atoms with van der Waals surface area (Å²) in [6, 6.07) is 8.13. The highest BCUT2D eigenvalue weighted by atomic mass is 35.5. The van der Waals surface area contributed by atoms with E-state index < -0.39 is 0 Å². The number of benzene rings is 1. The van der Waals surface area contributed by atoms with Gasteiger partial charge in [0, 0.05) is 43.3 Å². The molecule has 5 nitrogen and oxygen atoms in total. The number of aromatic nitrogens is 3. The summed E-state index contributed by atoms with van der Waals surface area (Å²) in [6.07, 6.45) is 4.95. The molecule has 0 spiro atoms. The van der Waals surface area contributed by atoms with E-state index in [1.54, 1.807) is 22.8 Å². The largest absolute Gasteiger partial charge is 0.361 e. The number of carbonyl (C=O) groups is 1. The van der Waals surface area contributed by atoms with Crippen molar-refractivity contribution in [2.45, 2.75) is 32.9 Å². The molecular formula is C18H21ClN4O. The Labute approximate surface area is 146 Å². The average molecular weight is 345 g/mol. The molecule has 3 aromatic rings. The maximum atomic E-state index is 12.4. The fraction of sp³-hybridized carbons (Fsp3) is 0.333. The summed E-state index contributed by atoms with van der Waals surface area (Å²) in [4.78, 5) is 17.3. The summed E-state index contributed by atoms with van der Waals surface area (Å²) >= 11 is 6.17. The van der Waals surface area contributed by atoms with Crippen LogP contribution in [0.4, 0.5) is 0 Å². The molecular weight excluding hydrogens is 324 g/mol. The van der Waals surface area contributed by atoms with Crippen LogP contribution in [0.25, 0.3) is 10.9 Å². The van der Waals surface area contributed by atoms with Crippen LogP contribution in [-0.4, -0.2) is 32.6 Å². The summed E-state index contributed by atoms with van der Waals surface area (Å²) in [5, 5.41) is 6.17. The zero-order valence-corrected chi connectivity index (χ0v) is 14.7. The van der Waals surface area contributed by atoms with Gasteiger partial charge in [-0.3, -0.25) is 9.48 Å². The minimum Gasteiger partial charge on any atom is -0.361 e. The molecule has 1 aromatic carbocycles. The first-order chi connectivity index (χ1) is 11.6. The van der Waals surface area contributed by atoms with Gasteiger partial charge in [-0.05, 0) is 25.0 Å². The van der Waals surface area contributed by atoms with Crippen LogP contribution in [0.5, 0.6) is 0 Å². The Balaban J connectivity index is 1.61. The van der Waals surface area contributed by atoms with Gasteiger partial charge in [-0.2, -0.15) is 5.10 Å². The third kappa shape index (κ3) is 3.46. The molecule has 1 amide bonds. The van der Waals surface area contributed by atoms with E-state index in [9.17, 15) is 4.79 Å². The lowest BCUT2D eigenvalue weighted by Crippen LogP contribution is -2.26. The molecule has 0 aliphatic carbocycles. The van der Waals surface area contributed by atoms with Gasteiger partial charge in [-0.25, -0.2) is 0 Å². The maximum Gasteiger partial charge on any atom is 0.222 e. The maximum absolute atomic E-state index is 12.4. The SMILES string of the molecule is CCn1cc(Cl)c(CN(C)C(=O)CCc2c[nH]c3ccccc23)n1. The van der Waals surface area contributed by atoms with Crippen molar-refractivity contribution in [1.29, 1.82) is 0 Å². The van der Waals surface area contributed by atoms with E-state index in [0.717, 1.165) is 17.8 Å². The first-order valence-corrected chi connectivity index (χ1v) is 8.47. The van der Waals surface area contributed by atoms with Crippen LogP contribution in [0.3, 0.4) is 0 Å². The topological polar surface area (TPSA) is 53.9 Å². The highest BCUT2D eigenvalue weighted by molar-refractivity contribution is 6.31. The smallest absolute Gasteiger partial charge is 0.222 e. The molecule has 126 valence electrons. The molecule has 0 aliphatic heterocycles. The molecule has 1 N–H and O–H groups in total. The van der Waals surface area contributed by atoms with Crippen LogP contribution in [0.15, 0.2) is 36.7 Å². The molecule has 0 radical (unpaired) electrons. The molecule has 0 atom stereocenters. The minimum atomic E-state index is 0.0856. The van der Waals surface area contributed by atoms with Gasteiger partial charge in [0.15, 0.2) is 0 Å². The molecule has 24 heavy (non-hydrogen) atoms. The van der Waals surface area contributed by atoms with Gasteiger partial charge in [-0.1, -0.05) is 29.8 Å². The van der Waals surface area contributed by atoms with Gasteiger partial charge >= 0.3 is 0 Å². The predicted octanol–water partition coefficient (Wildman–Crippen LogP) is 3.63. The van der Waals surface area contributed by atoms with E-state index in [4.69, 9.17) is 11.6 Å². The Morgan fingerprint density at radius 1 is 1.38 bits per heavy atom. The number of carbonyl (C=O) groups excluding carboxylic acids is 1. The van der Waals surface area contributed by atoms with Crippen molar-refractivity contribution in [2.75, 3.05) is 7.05 Å². The van der Waals surface area contributed by atoms with Crippen molar-refractivity contribution < 1.29 is 4.79 Å². The number of hydrogen-bond donors (Lipinski definition) is 1. The highest BCUT2D eigenvalue weighted by Crippen LogP contribution is 2.20. The second kappa shape index (κ2) is 7.09. The molecule has 0 aliphatic rings. The average Bonchev–Trinajstić information content (AvgIpc) is 3.16. The monoisotopic (exact) mass is 344 g/mol. The van der Waals surface area contributed by atoms with Gasteiger partial charge in [0.25, 0.3) is 0 Å². The number of H-pyrrole nitrogens is 1. The number of nitrogens with zero attached hydrogens (tertiary/aromatic N) is 3. The molecule has 0 unspecified atom stereocenters. The van der Waals surface area contributed by atoms with E-state index in [-0.39, 0.29) is 5.91 Å². The Morgan fingerprint density at radius 3 is 2.92 bits per heavy atom. The van der Waals surface area contributed by atoms with Gasteiger partial charge < -0.3 is 9.88 Å². The summed E-state index contributed by atoms with van der Waals surface area (Å²) in [7, 11) is 1.79.